The Morgan fingerprint density at radius 3 is 2.52 bits per heavy atom. The van der Waals surface area contributed by atoms with Crippen molar-refractivity contribution >= 4 is 44.4 Å². The summed E-state index contributed by atoms with van der Waals surface area (Å²) < 4.78 is 0.987. The lowest BCUT2D eigenvalue weighted by molar-refractivity contribution is -0.139. The second-order valence-corrected chi connectivity index (χ2v) is 5.52. The standard InChI is InChI=1S/C15H15BrN2O3/c1-2-13(14(19)20)18-15(21)17-12-6-4-9-7-11(16)5-3-10(9)8-12/h3-8,13H,2H2,1H3,(H,19,20)(H2,17,18,21)/t13-/m0/s1. The predicted octanol–water partition coefficient (Wildman–Crippen LogP) is 3.59. The van der Waals surface area contributed by atoms with Gasteiger partial charge in [0, 0.05) is 10.2 Å². The van der Waals surface area contributed by atoms with Crippen LogP contribution in [0.4, 0.5) is 10.5 Å². The van der Waals surface area contributed by atoms with Crippen molar-refractivity contribution in [1.82, 2.24) is 5.32 Å². The van der Waals surface area contributed by atoms with Gasteiger partial charge in [-0.25, -0.2) is 9.59 Å². The molecule has 0 unspecified atom stereocenters. The van der Waals surface area contributed by atoms with Gasteiger partial charge in [-0.15, -0.1) is 0 Å². The van der Waals surface area contributed by atoms with Crippen molar-refractivity contribution in [2.45, 2.75) is 19.4 Å². The van der Waals surface area contributed by atoms with Crippen LogP contribution in [0.5, 0.6) is 0 Å². The zero-order chi connectivity index (χ0) is 15.4. The summed E-state index contributed by atoms with van der Waals surface area (Å²) in [7, 11) is 0. The van der Waals surface area contributed by atoms with Crippen LogP contribution >= 0.6 is 15.9 Å². The number of fused-ring (bicyclic) bond motifs is 1. The van der Waals surface area contributed by atoms with Crippen molar-refractivity contribution in [3.8, 4) is 0 Å². The molecule has 2 amide bonds. The molecule has 0 saturated heterocycles. The summed E-state index contributed by atoms with van der Waals surface area (Å²) in [5.74, 6) is -1.05. The summed E-state index contributed by atoms with van der Waals surface area (Å²) in [6, 6.07) is 9.93. The van der Waals surface area contributed by atoms with Crippen LogP contribution in [0.15, 0.2) is 40.9 Å². The Balaban J connectivity index is 2.10. The van der Waals surface area contributed by atoms with E-state index in [0.717, 1.165) is 15.2 Å². The average Bonchev–Trinajstić information content (AvgIpc) is 2.44. The first kappa shape index (κ1) is 15.3. The van der Waals surface area contributed by atoms with E-state index in [-0.39, 0.29) is 0 Å². The number of amides is 2. The Morgan fingerprint density at radius 2 is 1.86 bits per heavy atom. The summed E-state index contributed by atoms with van der Waals surface area (Å²) in [6.45, 7) is 1.70. The number of hydrogen-bond acceptors (Lipinski definition) is 2. The quantitative estimate of drug-likeness (QED) is 0.788. The largest absolute Gasteiger partial charge is 0.480 e. The first-order chi connectivity index (χ1) is 9.99. The number of carbonyl (C=O) groups is 2. The maximum atomic E-state index is 11.8. The highest BCUT2D eigenvalue weighted by molar-refractivity contribution is 9.10. The number of nitrogens with one attached hydrogen (secondary N) is 2. The zero-order valence-electron chi connectivity index (χ0n) is 11.4. The molecule has 5 nitrogen and oxygen atoms in total. The van der Waals surface area contributed by atoms with Gasteiger partial charge in [0.1, 0.15) is 6.04 Å². The van der Waals surface area contributed by atoms with E-state index in [9.17, 15) is 9.59 Å². The van der Waals surface area contributed by atoms with Crippen molar-refractivity contribution in [2.24, 2.45) is 0 Å². The Morgan fingerprint density at radius 1 is 1.19 bits per heavy atom. The highest BCUT2D eigenvalue weighted by Gasteiger charge is 2.17. The molecule has 0 fully saturated rings. The normalized spacial score (nSPS) is 11.9. The van der Waals surface area contributed by atoms with Gasteiger partial charge in [-0.05, 0) is 41.5 Å². The predicted molar refractivity (Wildman–Crippen MR) is 85.5 cm³/mol. The molecule has 2 aromatic carbocycles. The van der Waals surface area contributed by atoms with Crippen LogP contribution < -0.4 is 10.6 Å². The third kappa shape index (κ3) is 3.95. The number of anilines is 1. The van der Waals surface area contributed by atoms with Crippen LogP contribution in [0.2, 0.25) is 0 Å². The molecular formula is C15H15BrN2O3. The third-order valence-corrected chi connectivity index (χ3v) is 3.57. The number of hydrogen-bond donors (Lipinski definition) is 3. The first-order valence-electron chi connectivity index (χ1n) is 6.49. The SMILES string of the molecule is CC[C@H](NC(=O)Nc1ccc2cc(Br)ccc2c1)C(=O)O. The molecule has 0 heterocycles. The monoisotopic (exact) mass is 350 g/mol. The fourth-order valence-corrected chi connectivity index (χ4v) is 2.34. The van der Waals surface area contributed by atoms with E-state index in [2.05, 4.69) is 26.6 Å². The lowest BCUT2D eigenvalue weighted by Crippen LogP contribution is -2.42. The Hall–Kier alpha value is -2.08. The summed E-state index contributed by atoms with van der Waals surface area (Å²) in [4.78, 5) is 22.7. The molecule has 0 radical (unpaired) electrons. The molecule has 6 heteroatoms. The number of carboxylic acid groups (broad SMARTS) is 1. The lowest BCUT2D eigenvalue weighted by atomic mass is 10.1. The lowest BCUT2D eigenvalue weighted by Gasteiger charge is -2.13. The molecule has 2 aromatic rings. The topological polar surface area (TPSA) is 78.4 Å². The molecule has 0 aliphatic heterocycles. The van der Waals surface area contributed by atoms with Gasteiger partial charge in [0.25, 0.3) is 0 Å². The Kier molecular flexibility index (Phi) is 4.80. The Bertz CT molecular complexity index is 688. The van der Waals surface area contributed by atoms with E-state index in [1.165, 1.54) is 0 Å². The number of carbonyl (C=O) groups excluding carboxylic acids is 1. The van der Waals surface area contributed by atoms with E-state index in [0.29, 0.717) is 12.1 Å². The van der Waals surface area contributed by atoms with Crippen molar-refractivity contribution < 1.29 is 14.7 Å². The van der Waals surface area contributed by atoms with Gasteiger partial charge >= 0.3 is 12.0 Å². The Labute approximate surface area is 130 Å². The number of rotatable bonds is 4. The summed E-state index contributed by atoms with van der Waals surface area (Å²) in [6.07, 6.45) is 0.328. The maximum Gasteiger partial charge on any atom is 0.326 e. The summed E-state index contributed by atoms with van der Waals surface area (Å²) >= 11 is 3.40. The molecule has 0 aromatic heterocycles. The van der Waals surface area contributed by atoms with Gasteiger partial charge in [0.15, 0.2) is 0 Å². The van der Waals surface area contributed by atoms with Crippen LogP contribution in [-0.2, 0) is 4.79 Å². The molecule has 0 saturated carbocycles. The van der Waals surface area contributed by atoms with Crippen molar-refractivity contribution in [3.05, 3.63) is 40.9 Å². The number of aliphatic carboxylic acids is 1. The van der Waals surface area contributed by atoms with Crippen LogP contribution in [-0.4, -0.2) is 23.1 Å². The van der Waals surface area contributed by atoms with E-state index in [4.69, 9.17) is 5.11 Å². The highest BCUT2D eigenvalue weighted by atomic mass is 79.9. The minimum atomic E-state index is -1.05. The molecule has 21 heavy (non-hydrogen) atoms. The molecule has 0 aliphatic rings. The minimum absolute atomic E-state index is 0.328. The van der Waals surface area contributed by atoms with E-state index in [1.807, 2.05) is 30.3 Å². The zero-order valence-corrected chi connectivity index (χ0v) is 13.0. The first-order valence-corrected chi connectivity index (χ1v) is 7.28. The van der Waals surface area contributed by atoms with Gasteiger partial charge in [-0.2, -0.15) is 0 Å². The van der Waals surface area contributed by atoms with Gasteiger partial charge in [-0.1, -0.05) is 35.0 Å². The molecule has 2 rings (SSSR count). The van der Waals surface area contributed by atoms with Crippen LogP contribution in [0.3, 0.4) is 0 Å². The molecular weight excluding hydrogens is 336 g/mol. The number of carboxylic acids is 1. The molecule has 0 spiro atoms. The van der Waals surface area contributed by atoms with Crippen LogP contribution in [0.25, 0.3) is 10.8 Å². The van der Waals surface area contributed by atoms with Crippen molar-refractivity contribution in [1.29, 1.82) is 0 Å². The maximum absolute atomic E-state index is 11.8. The fourth-order valence-electron chi connectivity index (χ4n) is 1.96. The van der Waals surface area contributed by atoms with Crippen molar-refractivity contribution in [2.75, 3.05) is 5.32 Å². The smallest absolute Gasteiger partial charge is 0.326 e. The molecule has 0 bridgehead atoms. The van der Waals surface area contributed by atoms with E-state index >= 15 is 0 Å². The number of urea groups is 1. The van der Waals surface area contributed by atoms with Crippen LogP contribution in [0.1, 0.15) is 13.3 Å². The van der Waals surface area contributed by atoms with Gasteiger partial charge < -0.3 is 15.7 Å². The van der Waals surface area contributed by atoms with E-state index < -0.39 is 18.0 Å². The van der Waals surface area contributed by atoms with Gasteiger partial charge in [0.05, 0.1) is 0 Å². The van der Waals surface area contributed by atoms with E-state index in [1.54, 1.807) is 13.0 Å². The summed E-state index contributed by atoms with van der Waals surface area (Å²) in [5, 5.41) is 16.0. The van der Waals surface area contributed by atoms with Gasteiger partial charge in [-0.3, -0.25) is 0 Å². The fraction of sp³-hybridized carbons (Fsp3) is 0.200. The molecule has 3 N–H and O–H groups in total. The molecule has 110 valence electrons. The third-order valence-electron chi connectivity index (χ3n) is 3.07. The van der Waals surface area contributed by atoms with Crippen LogP contribution in [0, 0.1) is 0 Å². The average molecular weight is 351 g/mol. The number of halogens is 1. The number of benzene rings is 2. The highest BCUT2D eigenvalue weighted by Crippen LogP contribution is 2.22. The molecule has 1 atom stereocenters. The minimum Gasteiger partial charge on any atom is -0.480 e. The summed E-state index contributed by atoms with van der Waals surface area (Å²) in [5.41, 5.74) is 0.613. The molecule has 0 aliphatic carbocycles. The van der Waals surface area contributed by atoms with Gasteiger partial charge in [0.2, 0.25) is 0 Å². The van der Waals surface area contributed by atoms with Crippen molar-refractivity contribution in [3.63, 3.8) is 0 Å². The second-order valence-electron chi connectivity index (χ2n) is 4.60. The second kappa shape index (κ2) is 6.58.